The summed E-state index contributed by atoms with van der Waals surface area (Å²) in [5.74, 6) is 1.24. The topological polar surface area (TPSA) is 73.6 Å². The van der Waals surface area contributed by atoms with Gasteiger partial charge in [0.05, 0.1) is 25.9 Å². The van der Waals surface area contributed by atoms with Crippen molar-refractivity contribution in [3.05, 3.63) is 10.8 Å². The van der Waals surface area contributed by atoms with Gasteiger partial charge in [-0.25, -0.2) is 0 Å². The maximum Gasteiger partial charge on any atom is 0.234 e. The molecule has 0 aromatic carbocycles. The molecule has 7 nitrogen and oxygen atoms in total. The first-order valence-corrected chi connectivity index (χ1v) is 7.34. The molecule has 1 N–H and O–H groups in total. The standard InChI is InChI=1S/C11H15N5O2S/c1-3-17-5-7(1)9-13-14-11-16(9)15-10(19-11)8-6-18-4-2-12-8/h7-8,12H,1-6H2. The van der Waals surface area contributed by atoms with Crippen molar-refractivity contribution in [2.45, 2.75) is 18.4 Å². The fourth-order valence-corrected chi connectivity index (χ4v) is 3.41. The van der Waals surface area contributed by atoms with Crippen LogP contribution in [0.1, 0.15) is 29.2 Å². The zero-order valence-corrected chi connectivity index (χ0v) is 11.2. The number of fused-ring (bicyclic) bond motifs is 1. The number of hydrogen-bond donors (Lipinski definition) is 1. The lowest BCUT2D eigenvalue weighted by molar-refractivity contribution is 0.0765. The number of rotatable bonds is 2. The summed E-state index contributed by atoms with van der Waals surface area (Å²) in [5.41, 5.74) is 0. The van der Waals surface area contributed by atoms with Crippen LogP contribution in [0.2, 0.25) is 0 Å². The summed E-state index contributed by atoms with van der Waals surface area (Å²) in [6, 6.07) is 0.174. The van der Waals surface area contributed by atoms with Crippen molar-refractivity contribution < 1.29 is 9.47 Å². The Morgan fingerprint density at radius 1 is 1.21 bits per heavy atom. The molecule has 0 spiro atoms. The molecular formula is C11H15N5O2S. The average molecular weight is 281 g/mol. The predicted octanol–water partition coefficient (Wildman–Crippen LogP) is 0.351. The molecule has 0 amide bonds. The second-order valence-corrected chi connectivity index (χ2v) is 5.82. The lowest BCUT2D eigenvalue weighted by atomic mass is 10.1. The molecule has 0 radical (unpaired) electrons. The van der Waals surface area contributed by atoms with Gasteiger partial charge in [0.25, 0.3) is 0 Å². The van der Waals surface area contributed by atoms with Crippen LogP contribution in [0.4, 0.5) is 0 Å². The van der Waals surface area contributed by atoms with E-state index in [2.05, 4.69) is 20.6 Å². The largest absolute Gasteiger partial charge is 0.381 e. The molecule has 2 atom stereocenters. The second-order valence-electron chi connectivity index (χ2n) is 4.84. The molecule has 0 aliphatic carbocycles. The third-order valence-corrected chi connectivity index (χ3v) is 4.56. The Morgan fingerprint density at radius 2 is 2.16 bits per heavy atom. The van der Waals surface area contributed by atoms with Gasteiger partial charge in [0, 0.05) is 19.1 Å². The fourth-order valence-electron chi connectivity index (χ4n) is 2.50. The first kappa shape index (κ1) is 11.7. The monoisotopic (exact) mass is 281 g/mol. The minimum absolute atomic E-state index is 0.174. The van der Waals surface area contributed by atoms with Gasteiger partial charge < -0.3 is 14.8 Å². The summed E-state index contributed by atoms with van der Waals surface area (Å²) >= 11 is 1.58. The zero-order valence-electron chi connectivity index (χ0n) is 10.4. The van der Waals surface area contributed by atoms with Crippen LogP contribution in [0.3, 0.4) is 0 Å². The SMILES string of the molecule is C1COCC(c2nn3c(C4CCOC4)nnc3s2)N1. The van der Waals surface area contributed by atoms with Crippen LogP contribution in [-0.4, -0.2) is 52.8 Å². The summed E-state index contributed by atoms with van der Waals surface area (Å²) in [6.45, 7) is 3.83. The first-order valence-electron chi connectivity index (χ1n) is 6.53. The summed E-state index contributed by atoms with van der Waals surface area (Å²) < 4.78 is 12.8. The molecule has 2 aliphatic heterocycles. The van der Waals surface area contributed by atoms with Crippen molar-refractivity contribution in [1.82, 2.24) is 25.1 Å². The third kappa shape index (κ3) is 2.04. The smallest absolute Gasteiger partial charge is 0.234 e. The Hall–Kier alpha value is -1.09. The van der Waals surface area contributed by atoms with Crippen LogP contribution >= 0.6 is 11.3 Å². The van der Waals surface area contributed by atoms with Gasteiger partial charge >= 0.3 is 0 Å². The van der Waals surface area contributed by atoms with E-state index in [4.69, 9.17) is 9.47 Å². The van der Waals surface area contributed by atoms with E-state index in [1.165, 1.54) is 0 Å². The van der Waals surface area contributed by atoms with E-state index < -0.39 is 0 Å². The normalized spacial score (nSPS) is 28.2. The van der Waals surface area contributed by atoms with Crippen molar-refractivity contribution in [2.24, 2.45) is 0 Å². The number of hydrogen-bond acceptors (Lipinski definition) is 7. The van der Waals surface area contributed by atoms with Gasteiger partial charge in [0.2, 0.25) is 4.96 Å². The number of morpholine rings is 1. The van der Waals surface area contributed by atoms with Crippen LogP contribution < -0.4 is 5.32 Å². The van der Waals surface area contributed by atoms with Crippen molar-refractivity contribution in [2.75, 3.05) is 33.0 Å². The van der Waals surface area contributed by atoms with Crippen molar-refractivity contribution in [3.8, 4) is 0 Å². The fraction of sp³-hybridized carbons (Fsp3) is 0.727. The van der Waals surface area contributed by atoms with Gasteiger partial charge in [-0.1, -0.05) is 11.3 Å². The quantitative estimate of drug-likeness (QED) is 0.856. The summed E-state index contributed by atoms with van der Waals surface area (Å²) in [5, 5.41) is 17.6. The Labute approximate surface area is 113 Å². The van der Waals surface area contributed by atoms with Crippen LogP contribution in [-0.2, 0) is 9.47 Å². The zero-order chi connectivity index (χ0) is 12.7. The Bertz CT molecular complexity index is 571. The highest BCUT2D eigenvalue weighted by atomic mass is 32.1. The van der Waals surface area contributed by atoms with Crippen molar-refractivity contribution in [3.63, 3.8) is 0 Å². The molecule has 4 rings (SSSR count). The molecule has 2 fully saturated rings. The number of nitrogens with zero attached hydrogens (tertiary/aromatic N) is 4. The lowest BCUT2D eigenvalue weighted by Crippen LogP contribution is -2.34. The molecule has 0 saturated carbocycles. The molecule has 2 aromatic heterocycles. The van der Waals surface area contributed by atoms with E-state index in [-0.39, 0.29) is 6.04 Å². The number of ether oxygens (including phenoxy) is 2. The van der Waals surface area contributed by atoms with Crippen LogP contribution in [0.5, 0.6) is 0 Å². The van der Waals surface area contributed by atoms with Gasteiger partial charge in [-0.05, 0) is 6.42 Å². The maximum atomic E-state index is 5.48. The number of nitrogens with one attached hydrogen (secondary N) is 1. The summed E-state index contributed by atoms with van der Waals surface area (Å²) in [7, 11) is 0. The minimum atomic E-state index is 0.174. The molecule has 8 heteroatoms. The van der Waals surface area contributed by atoms with Gasteiger partial charge in [-0.15, -0.1) is 10.2 Å². The second kappa shape index (κ2) is 4.78. The highest BCUT2D eigenvalue weighted by molar-refractivity contribution is 7.16. The molecule has 0 bridgehead atoms. The summed E-state index contributed by atoms with van der Waals surface area (Å²) in [6.07, 6.45) is 0.998. The molecule has 2 aliphatic rings. The van der Waals surface area contributed by atoms with E-state index >= 15 is 0 Å². The van der Waals surface area contributed by atoms with Crippen molar-refractivity contribution >= 4 is 16.3 Å². The van der Waals surface area contributed by atoms with Gasteiger partial charge in [-0.3, -0.25) is 0 Å². The van der Waals surface area contributed by atoms with Gasteiger partial charge in [0.1, 0.15) is 5.01 Å². The highest BCUT2D eigenvalue weighted by Crippen LogP contribution is 2.27. The molecule has 2 unspecified atom stereocenters. The van der Waals surface area contributed by atoms with Crippen LogP contribution in [0.15, 0.2) is 0 Å². The van der Waals surface area contributed by atoms with E-state index in [9.17, 15) is 0 Å². The minimum Gasteiger partial charge on any atom is -0.381 e. The van der Waals surface area contributed by atoms with Gasteiger partial charge in [-0.2, -0.15) is 9.61 Å². The molecule has 2 saturated heterocycles. The van der Waals surface area contributed by atoms with E-state index in [0.717, 1.165) is 48.6 Å². The van der Waals surface area contributed by atoms with Crippen molar-refractivity contribution in [1.29, 1.82) is 0 Å². The number of aromatic nitrogens is 4. The van der Waals surface area contributed by atoms with Gasteiger partial charge in [0.15, 0.2) is 5.82 Å². The predicted molar refractivity (Wildman–Crippen MR) is 68.4 cm³/mol. The Morgan fingerprint density at radius 3 is 2.95 bits per heavy atom. The van der Waals surface area contributed by atoms with E-state index in [1.54, 1.807) is 11.3 Å². The maximum absolute atomic E-state index is 5.48. The summed E-state index contributed by atoms with van der Waals surface area (Å²) in [4.78, 5) is 0.851. The molecule has 2 aromatic rings. The molecular weight excluding hydrogens is 266 g/mol. The highest BCUT2D eigenvalue weighted by Gasteiger charge is 2.26. The first-order chi connectivity index (χ1) is 9.42. The Kier molecular flexibility index (Phi) is 2.95. The Balaban J connectivity index is 1.67. The van der Waals surface area contributed by atoms with E-state index in [1.807, 2.05) is 4.52 Å². The average Bonchev–Trinajstić information content (AvgIpc) is 3.15. The molecule has 102 valence electrons. The third-order valence-electron chi connectivity index (χ3n) is 3.55. The lowest BCUT2D eigenvalue weighted by Gasteiger charge is -2.21. The van der Waals surface area contributed by atoms with Crippen LogP contribution in [0.25, 0.3) is 4.96 Å². The van der Waals surface area contributed by atoms with E-state index in [0.29, 0.717) is 12.5 Å². The molecule has 4 heterocycles. The molecule has 19 heavy (non-hydrogen) atoms. The van der Waals surface area contributed by atoms with Crippen LogP contribution in [0, 0.1) is 0 Å².